The summed E-state index contributed by atoms with van der Waals surface area (Å²) in [7, 11) is 0. The molecule has 0 aromatic rings. The highest BCUT2D eigenvalue weighted by Gasteiger charge is 2.48. The Bertz CT molecular complexity index is 760. The Balaban J connectivity index is 1.74. The van der Waals surface area contributed by atoms with Gasteiger partial charge in [-0.25, -0.2) is 0 Å². The number of carbonyl (C=O) groups excluding carboxylic acids is 2. The maximum absolute atomic E-state index is 12.9. The van der Waals surface area contributed by atoms with Gasteiger partial charge in [0.05, 0.1) is 0 Å². The lowest BCUT2D eigenvalue weighted by Crippen LogP contribution is -2.44. The Labute approximate surface area is 143 Å². The van der Waals surface area contributed by atoms with E-state index in [4.69, 9.17) is 4.74 Å². The van der Waals surface area contributed by atoms with Gasteiger partial charge in [-0.15, -0.1) is 0 Å². The lowest BCUT2D eigenvalue weighted by Gasteiger charge is -2.45. The monoisotopic (exact) mass is 324 g/mol. The van der Waals surface area contributed by atoms with Crippen LogP contribution in [0, 0.1) is 11.3 Å². The summed E-state index contributed by atoms with van der Waals surface area (Å²) < 4.78 is 6.18. The Morgan fingerprint density at radius 2 is 1.96 bits per heavy atom. The van der Waals surface area contributed by atoms with Gasteiger partial charge < -0.3 is 4.74 Å². The van der Waals surface area contributed by atoms with Crippen LogP contribution in [0.15, 0.2) is 46.3 Å². The van der Waals surface area contributed by atoms with Crippen LogP contribution in [0.3, 0.4) is 0 Å². The SMILES string of the molecule is CC(C)C1=CC2OC3=C(CC2(C)CC1)C(=O)C1=C(CCC=C1)C3=O. The summed E-state index contributed by atoms with van der Waals surface area (Å²) in [6, 6.07) is 0. The van der Waals surface area contributed by atoms with E-state index in [9.17, 15) is 9.59 Å². The predicted octanol–water partition coefficient (Wildman–Crippen LogP) is 4.21. The molecule has 0 fully saturated rings. The van der Waals surface area contributed by atoms with Crippen LogP contribution >= 0.6 is 0 Å². The zero-order valence-corrected chi connectivity index (χ0v) is 14.6. The summed E-state index contributed by atoms with van der Waals surface area (Å²) in [6.07, 6.45) is 10.1. The molecular weight excluding hydrogens is 300 g/mol. The first-order valence-corrected chi connectivity index (χ1v) is 9.00. The Kier molecular flexibility index (Phi) is 3.45. The fourth-order valence-electron chi connectivity index (χ4n) is 4.37. The summed E-state index contributed by atoms with van der Waals surface area (Å²) in [6.45, 7) is 6.58. The standard InChI is InChI=1S/C21H24O3/c1-12(2)13-8-9-21(3)11-16-18(22)14-6-4-5-7-15(14)19(23)20(16)24-17(21)10-13/h4,6,10,12,17H,5,7-9,11H2,1-3H3. The van der Waals surface area contributed by atoms with Gasteiger partial charge in [0.25, 0.3) is 0 Å². The molecule has 0 radical (unpaired) electrons. The van der Waals surface area contributed by atoms with Gasteiger partial charge in [0.1, 0.15) is 6.10 Å². The molecule has 0 bridgehead atoms. The van der Waals surface area contributed by atoms with E-state index < -0.39 is 0 Å². The molecule has 1 aliphatic heterocycles. The fourth-order valence-corrected chi connectivity index (χ4v) is 4.37. The van der Waals surface area contributed by atoms with Crippen molar-refractivity contribution in [3.8, 4) is 0 Å². The van der Waals surface area contributed by atoms with Gasteiger partial charge in [0.2, 0.25) is 5.78 Å². The van der Waals surface area contributed by atoms with E-state index in [0.29, 0.717) is 41.2 Å². The van der Waals surface area contributed by atoms with Gasteiger partial charge in [0.15, 0.2) is 11.5 Å². The minimum Gasteiger partial charge on any atom is -0.481 e. The quantitative estimate of drug-likeness (QED) is 0.536. The molecule has 0 saturated carbocycles. The maximum Gasteiger partial charge on any atom is 0.224 e. The number of allylic oxidation sites excluding steroid dienone is 6. The zero-order chi connectivity index (χ0) is 17.1. The molecule has 2 unspecified atom stereocenters. The molecule has 0 saturated heterocycles. The van der Waals surface area contributed by atoms with Gasteiger partial charge in [-0.2, -0.15) is 0 Å². The van der Waals surface area contributed by atoms with Crippen molar-refractivity contribution in [1.29, 1.82) is 0 Å². The van der Waals surface area contributed by atoms with Crippen molar-refractivity contribution < 1.29 is 14.3 Å². The van der Waals surface area contributed by atoms with E-state index in [0.717, 1.165) is 19.3 Å². The van der Waals surface area contributed by atoms with Crippen LogP contribution in [0.2, 0.25) is 0 Å². The minimum atomic E-state index is -0.0968. The molecule has 1 heterocycles. The summed E-state index contributed by atoms with van der Waals surface area (Å²) in [4.78, 5) is 25.8. The molecule has 4 rings (SSSR count). The first-order chi connectivity index (χ1) is 11.4. The molecule has 4 aliphatic rings. The van der Waals surface area contributed by atoms with E-state index in [-0.39, 0.29) is 23.1 Å². The normalized spacial score (nSPS) is 32.3. The maximum atomic E-state index is 12.9. The van der Waals surface area contributed by atoms with Crippen LogP contribution < -0.4 is 0 Å². The smallest absolute Gasteiger partial charge is 0.224 e. The molecular formula is C21H24O3. The van der Waals surface area contributed by atoms with E-state index in [2.05, 4.69) is 26.8 Å². The summed E-state index contributed by atoms with van der Waals surface area (Å²) >= 11 is 0. The topological polar surface area (TPSA) is 43.4 Å². The van der Waals surface area contributed by atoms with E-state index in [1.807, 2.05) is 12.2 Å². The number of fused-ring (bicyclic) bond motifs is 1. The van der Waals surface area contributed by atoms with E-state index >= 15 is 0 Å². The average molecular weight is 324 g/mol. The second-order valence-electron chi connectivity index (χ2n) is 8.06. The molecule has 0 spiro atoms. The lowest BCUT2D eigenvalue weighted by atomic mass is 9.66. The number of ether oxygens (including phenoxy) is 1. The molecule has 3 aliphatic carbocycles. The molecule has 24 heavy (non-hydrogen) atoms. The van der Waals surface area contributed by atoms with Crippen molar-refractivity contribution in [3.63, 3.8) is 0 Å². The molecule has 2 atom stereocenters. The van der Waals surface area contributed by atoms with E-state index in [1.165, 1.54) is 5.57 Å². The van der Waals surface area contributed by atoms with Gasteiger partial charge in [-0.05, 0) is 44.1 Å². The van der Waals surface area contributed by atoms with Gasteiger partial charge in [0, 0.05) is 22.1 Å². The molecule has 0 aromatic carbocycles. The first kappa shape index (κ1) is 15.6. The summed E-state index contributed by atoms with van der Waals surface area (Å²) in [5.41, 5.74) is 3.16. The van der Waals surface area contributed by atoms with Gasteiger partial charge in [-0.3, -0.25) is 9.59 Å². The second kappa shape index (κ2) is 5.30. The Morgan fingerprint density at radius 3 is 2.71 bits per heavy atom. The van der Waals surface area contributed by atoms with Crippen molar-refractivity contribution in [1.82, 2.24) is 0 Å². The fraction of sp³-hybridized carbons (Fsp3) is 0.524. The number of Topliss-reactive ketones (excluding diaryl/α,β-unsaturated/α-hetero) is 2. The third kappa shape index (κ3) is 2.17. The summed E-state index contributed by atoms with van der Waals surface area (Å²) in [5, 5.41) is 0. The van der Waals surface area contributed by atoms with Gasteiger partial charge in [-0.1, -0.05) is 38.5 Å². The number of carbonyl (C=O) groups is 2. The van der Waals surface area contributed by atoms with Crippen molar-refractivity contribution in [2.24, 2.45) is 11.3 Å². The van der Waals surface area contributed by atoms with Crippen molar-refractivity contribution >= 4 is 11.6 Å². The Hall–Kier alpha value is -1.90. The van der Waals surface area contributed by atoms with Crippen LogP contribution in [0.5, 0.6) is 0 Å². The highest BCUT2D eigenvalue weighted by molar-refractivity contribution is 6.25. The average Bonchev–Trinajstić information content (AvgIpc) is 2.57. The molecule has 3 nitrogen and oxygen atoms in total. The number of hydrogen-bond donors (Lipinski definition) is 0. The molecule has 3 heteroatoms. The van der Waals surface area contributed by atoms with Crippen LogP contribution in [0.1, 0.15) is 52.9 Å². The third-order valence-electron chi connectivity index (χ3n) is 6.05. The molecule has 0 aromatic heterocycles. The van der Waals surface area contributed by atoms with Crippen LogP contribution in [0.4, 0.5) is 0 Å². The second-order valence-corrected chi connectivity index (χ2v) is 8.06. The number of ketones is 2. The largest absolute Gasteiger partial charge is 0.481 e. The van der Waals surface area contributed by atoms with Crippen molar-refractivity contribution in [2.45, 2.75) is 59.0 Å². The highest BCUT2D eigenvalue weighted by atomic mass is 16.5. The van der Waals surface area contributed by atoms with Crippen LogP contribution in [0.25, 0.3) is 0 Å². The minimum absolute atomic E-state index is 0.00820. The van der Waals surface area contributed by atoms with Crippen molar-refractivity contribution in [2.75, 3.05) is 0 Å². The lowest BCUT2D eigenvalue weighted by molar-refractivity contribution is -0.123. The Morgan fingerprint density at radius 1 is 1.17 bits per heavy atom. The first-order valence-electron chi connectivity index (χ1n) is 9.00. The molecule has 0 amide bonds. The number of rotatable bonds is 1. The van der Waals surface area contributed by atoms with Gasteiger partial charge >= 0.3 is 0 Å². The summed E-state index contributed by atoms with van der Waals surface area (Å²) in [5.74, 6) is 0.776. The highest BCUT2D eigenvalue weighted by Crippen LogP contribution is 2.50. The molecule has 0 N–H and O–H groups in total. The van der Waals surface area contributed by atoms with Crippen LogP contribution in [-0.4, -0.2) is 17.7 Å². The van der Waals surface area contributed by atoms with Crippen LogP contribution in [-0.2, 0) is 14.3 Å². The third-order valence-corrected chi connectivity index (χ3v) is 6.05. The number of hydrogen-bond acceptors (Lipinski definition) is 3. The van der Waals surface area contributed by atoms with Crippen molar-refractivity contribution in [3.05, 3.63) is 46.3 Å². The zero-order valence-electron chi connectivity index (χ0n) is 14.6. The predicted molar refractivity (Wildman–Crippen MR) is 92.2 cm³/mol. The molecule has 126 valence electrons. The van der Waals surface area contributed by atoms with E-state index in [1.54, 1.807) is 0 Å².